The van der Waals surface area contributed by atoms with Crippen molar-refractivity contribution in [3.63, 3.8) is 0 Å². The largest absolute Gasteiger partial charge is 0.460 e. The second-order valence-electron chi connectivity index (χ2n) is 10.4. The molecule has 3 rings (SSSR count). The molecule has 212 valence electrons. The zero-order chi connectivity index (χ0) is 29.1. The molecule has 3 amide bonds. The monoisotopic (exact) mass is 546 g/mol. The number of carbonyl (C=O) groups excluding carboxylic acids is 4. The lowest BCUT2D eigenvalue weighted by atomic mass is 9.95. The number of benzene rings is 2. The first-order valence-corrected chi connectivity index (χ1v) is 13.8. The molecular formula is C31H38N4O5. The highest BCUT2D eigenvalue weighted by Gasteiger charge is 2.33. The van der Waals surface area contributed by atoms with Crippen molar-refractivity contribution in [2.75, 3.05) is 0 Å². The Hall–Kier alpha value is -4.19. The van der Waals surface area contributed by atoms with Gasteiger partial charge in [-0.2, -0.15) is 5.26 Å². The summed E-state index contributed by atoms with van der Waals surface area (Å²) in [6.07, 6.45) is 2.13. The average molecular weight is 547 g/mol. The van der Waals surface area contributed by atoms with Gasteiger partial charge in [-0.1, -0.05) is 69.2 Å². The van der Waals surface area contributed by atoms with Crippen LogP contribution < -0.4 is 16.0 Å². The number of rotatable bonds is 8. The third kappa shape index (κ3) is 8.94. The Balaban J connectivity index is 1.90. The summed E-state index contributed by atoms with van der Waals surface area (Å²) < 4.78 is 5.92. The van der Waals surface area contributed by atoms with Crippen LogP contribution in [0.2, 0.25) is 0 Å². The van der Waals surface area contributed by atoms with Crippen LogP contribution >= 0.6 is 0 Å². The summed E-state index contributed by atoms with van der Waals surface area (Å²) in [5.41, 5.74) is 2.05. The number of nitrogens with zero attached hydrogens (tertiary/aromatic N) is 1. The fraction of sp³-hybridized carbons (Fsp3) is 0.452. The van der Waals surface area contributed by atoms with Crippen molar-refractivity contribution < 1.29 is 23.9 Å². The molecule has 0 radical (unpaired) electrons. The fourth-order valence-corrected chi connectivity index (χ4v) is 4.62. The first kappa shape index (κ1) is 30.4. The molecule has 1 fully saturated rings. The molecule has 2 aromatic carbocycles. The lowest BCUT2D eigenvalue weighted by Gasteiger charge is -2.27. The van der Waals surface area contributed by atoms with Crippen LogP contribution in [0.3, 0.4) is 0 Å². The van der Waals surface area contributed by atoms with Gasteiger partial charge in [0, 0.05) is 12.8 Å². The van der Waals surface area contributed by atoms with Crippen molar-refractivity contribution in [2.24, 2.45) is 5.92 Å². The van der Waals surface area contributed by atoms with Gasteiger partial charge >= 0.3 is 5.97 Å². The summed E-state index contributed by atoms with van der Waals surface area (Å²) in [6, 6.07) is 15.1. The fourth-order valence-electron chi connectivity index (χ4n) is 4.62. The van der Waals surface area contributed by atoms with Crippen LogP contribution in [0.25, 0.3) is 0 Å². The molecule has 0 aromatic heterocycles. The van der Waals surface area contributed by atoms with Crippen molar-refractivity contribution in [3.05, 3.63) is 71.3 Å². The molecule has 0 bridgehead atoms. The van der Waals surface area contributed by atoms with Crippen LogP contribution in [0.15, 0.2) is 54.6 Å². The highest BCUT2D eigenvalue weighted by atomic mass is 16.5. The van der Waals surface area contributed by atoms with Crippen molar-refractivity contribution in [1.29, 1.82) is 5.26 Å². The van der Waals surface area contributed by atoms with Crippen LogP contribution in [-0.2, 0) is 36.8 Å². The molecule has 0 spiro atoms. The summed E-state index contributed by atoms with van der Waals surface area (Å²) in [7, 11) is 0. The molecule has 1 aliphatic heterocycles. The molecule has 0 aliphatic carbocycles. The first-order chi connectivity index (χ1) is 19.2. The summed E-state index contributed by atoms with van der Waals surface area (Å²) in [4.78, 5) is 53.0. The highest BCUT2D eigenvalue weighted by molar-refractivity contribution is 5.94. The van der Waals surface area contributed by atoms with E-state index in [9.17, 15) is 19.2 Å². The number of amides is 3. The van der Waals surface area contributed by atoms with Crippen molar-refractivity contribution in [1.82, 2.24) is 16.0 Å². The number of cyclic esters (lactones) is 1. The van der Waals surface area contributed by atoms with Gasteiger partial charge in [0.25, 0.3) is 0 Å². The highest BCUT2D eigenvalue weighted by Crippen LogP contribution is 2.20. The lowest BCUT2D eigenvalue weighted by Crippen LogP contribution is -2.55. The van der Waals surface area contributed by atoms with Crippen LogP contribution in [0.5, 0.6) is 0 Å². The van der Waals surface area contributed by atoms with E-state index in [1.54, 1.807) is 24.3 Å². The molecule has 5 atom stereocenters. The minimum absolute atomic E-state index is 0.113. The van der Waals surface area contributed by atoms with Gasteiger partial charge in [0.2, 0.25) is 17.7 Å². The number of ether oxygens (including phenoxy) is 1. The van der Waals surface area contributed by atoms with Gasteiger partial charge in [0.1, 0.15) is 24.2 Å². The third-order valence-electron chi connectivity index (χ3n) is 7.11. The van der Waals surface area contributed by atoms with E-state index in [0.29, 0.717) is 5.56 Å². The zero-order valence-electron chi connectivity index (χ0n) is 23.3. The standard InChI is InChI=1S/C31H38N4O5/c1-4-5-9-20(2)27-18-28(36)34-25(16-23-12-14-24(19-32)15-13-23)30(38)33-21(3)29(37)35-26(31(39)40-27)17-22-10-7-6-8-11-22/h6-8,10-15,20-21,25-27H,4-5,9,16-18H2,1-3H3,(H,33,38)(H,34,36)(H,35,37)/t20-,21-,25+,26+,27+/m0/s1. The number of hydrogen-bond donors (Lipinski definition) is 3. The SMILES string of the molecule is CCCC[C@H](C)[C@H]1CC(=O)N[C@H](Cc2ccc(C#N)cc2)C(=O)N[C@@H](C)C(=O)N[C@H](Cc2ccccc2)C(=O)O1. The summed E-state index contributed by atoms with van der Waals surface area (Å²) in [5.74, 6) is -2.23. The van der Waals surface area contributed by atoms with E-state index in [-0.39, 0.29) is 25.2 Å². The molecule has 3 N–H and O–H groups in total. The Bertz CT molecular complexity index is 1210. The number of hydrogen-bond acceptors (Lipinski definition) is 6. The van der Waals surface area contributed by atoms with Gasteiger partial charge in [0.05, 0.1) is 18.1 Å². The summed E-state index contributed by atoms with van der Waals surface area (Å²) >= 11 is 0. The molecule has 0 saturated carbocycles. The maximum absolute atomic E-state index is 13.4. The van der Waals surface area contributed by atoms with Crippen molar-refractivity contribution in [2.45, 2.75) is 83.5 Å². The molecule has 1 heterocycles. The minimum Gasteiger partial charge on any atom is -0.460 e. The Morgan fingerprint density at radius 2 is 1.55 bits per heavy atom. The van der Waals surface area contributed by atoms with Crippen LogP contribution in [0, 0.1) is 17.2 Å². The maximum atomic E-state index is 13.4. The van der Waals surface area contributed by atoms with E-state index in [0.717, 1.165) is 30.4 Å². The van der Waals surface area contributed by atoms with E-state index < -0.39 is 47.9 Å². The first-order valence-electron chi connectivity index (χ1n) is 13.8. The molecule has 2 aromatic rings. The van der Waals surface area contributed by atoms with Gasteiger partial charge in [-0.05, 0) is 42.5 Å². The maximum Gasteiger partial charge on any atom is 0.329 e. The zero-order valence-corrected chi connectivity index (χ0v) is 23.3. The smallest absolute Gasteiger partial charge is 0.329 e. The normalized spacial score (nSPS) is 23.1. The van der Waals surface area contributed by atoms with Crippen molar-refractivity contribution >= 4 is 23.7 Å². The second-order valence-corrected chi connectivity index (χ2v) is 10.4. The number of unbranched alkanes of at least 4 members (excludes halogenated alkanes) is 1. The Labute approximate surface area is 235 Å². The topological polar surface area (TPSA) is 137 Å². The predicted octanol–water partition coefficient (Wildman–Crippen LogP) is 2.96. The van der Waals surface area contributed by atoms with E-state index >= 15 is 0 Å². The quantitative estimate of drug-likeness (QED) is 0.436. The predicted molar refractivity (Wildman–Crippen MR) is 150 cm³/mol. The number of nitrogens with one attached hydrogen (secondary N) is 3. The number of esters is 1. The summed E-state index contributed by atoms with van der Waals surface area (Å²) in [6.45, 7) is 5.52. The van der Waals surface area contributed by atoms with Gasteiger partial charge in [0.15, 0.2) is 0 Å². The van der Waals surface area contributed by atoms with E-state index in [1.807, 2.05) is 37.3 Å². The van der Waals surface area contributed by atoms with Gasteiger partial charge in [-0.3, -0.25) is 14.4 Å². The molecule has 9 heteroatoms. The molecule has 1 saturated heterocycles. The molecular weight excluding hydrogens is 508 g/mol. The lowest BCUT2D eigenvalue weighted by molar-refractivity contribution is -0.157. The second kappa shape index (κ2) is 14.8. The van der Waals surface area contributed by atoms with Crippen LogP contribution in [0.4, 0.5) is 0 Å². The van der Waals surface area contributed by atoms with Crippen LogP contribution in [0.1, 0.15) is 63.1 Å². The van der Waals surface area contributed by atoms with Crippen molar-refractivity contribution in [3.8, 4) is 6.07 Å². The Morgan fingerprint density at radius 1 is 0.900 bits per heavy atom. The number of nitriles is 1. The molecule has 40 heavy (non-hydrogen) atoms. The van der Waals surface area contributed by atoms with E-state index in [2.05, 4.69) is 28.9 Å². The summed E-state index contributed by atoms with van der Waals surface area (Å²) in [5, 5.41) is 17.3. The molecule has 0 unspecified atom stereocenters. The minimum atomic E-state index is -0.992. The average Bonchev–Trinajstić information content (AvgIpc) is 2.95. The molecule has 1 aliphatic rings. The Kier molecular flexibility index (Phi) is 11.2. The number of carbonyl (C=O) groups is 4. The van der Waals surface area contributed by atoms with Gasteiger partial charge in [-0.15, -0.1) is 0 Å². The van der Waals surface area contributed by atoms with E-state index in [4.69, 9.17) is 10.00 Å². The molecule has 9 nitrogen and oxygen atoms in total. The van der Waals surface area contributed by atoms with E-state index in [1.165, 1.54) is 6.92 Å². The van der Waals surface area contributed by atoms with Gasteiger partial charge < -0.3 is 20.7 Å². The Morgan fingerprint density at radius 3 is 2.20 bits per heavy atom. The third-order valence-corrected chi connectivity index (χ3v) is 7.11. The van der Waals surface area contributed by atoms with Gasteiger partial charge in [-0.25, -0.2) is 4.79 Å². The van der Waals surface area contributed by atoms with Crippen LogP contribution in [-0.4, -0.2) is 47.9 Å².